The van der Waals surface area contributed by atoms with E-state index in [4.69, 9.17) is 0 Å². The molecule has 1 aliphatic heterocycles. The lowest BCUT2D eigenvalue weighted by Crippen LogP contribution is -2.49. The molecule has 0 aromatic rings. The number of carbonyl (C=O) groups is 3. The molecule has 2 unspecified atom stereocenters. The normalized spacial score (nSPS) is 19.7. The molecule has 1 saturated heterocycles. The minimum atomic E-state index is -0.436. The highest BCUT2D eigenvalue weighted by Crippen LogP contribution is 2.11. The van der Waals surface area contributed by atoms with E-state index < -0.39 is 11.9 Å². The molecule has 0 aromatic heterocycles. The van der Waals surface area contributed by atoms with Gasteiger partial charge >= 0.3 is 0 Å². The summed E-state index contributed by atoms with van der Waals surface area (Å²) >= 11 is 0. The maximum atomic E-state index is 12.3. The summed E-state index contributed by atoms with van der Waals surface area (Å²) in [5.41, 5.74) is 0. The van der Waals surface area contributed by atoms with Gasteiger partial charge in [0.15, 0.2) is 0 Å². The molecule has 0 aliphatic carbocycles. The Labute approximate surface area is 126 Å². The van der Waals surface area contributed by atoms with Crippen LogP contribution in [0.2, 0.25) is 0 Å². The van der Waals surface area contributed by atoms with Gasteiger partial charge < -0.3 is 15.5 Å². The van der Waals surface area contributed by atoms with Gasteiger partial charge in [-0.05, 0) is 12.8 Å². The Morgan fingerprint density at radius 3 is 2.48 bits per heavy atom. The van der Waals surface area contributed by atoms with Gasteiger partial charge in [-0.25, -0.2) is 0 Å². The van der Waals surface area contributed by atoms with Crippen LogP contribution < -0.4 is 10.6 Å². The zero-order chi connectivity index (χ0) is 16.0. The summed E-state index contributed by atoms with van der Waals surface area (Å²) in [6, 6.07) is -0.298. The highest BCUT2D eigenvalue weighted by atomic mass is 16.2. The standard InChI is InChI=1S/C15H27N3O3/c1-5-6-13(16-10(2)3)14(20)15(21)18-8-7-12(9-18)17-11(4)19/h10,12-13,16H,5-9H2,1-4H3,(H,17,19). The Bertz CT molecular complexity index is 396. The molecule has 0 spiro atoms. The van der Waals surface area contributed by atoms with Crippen molar-refractivity contribution in [2.75, 3.05) is 13.1 Å². The van der Waals surface area contributed by atoms with Crippen molar-refractivity contribution in [3.63, 3.8) is 0 Å². The third-order valence-electron chi connectivity index (χ3n) is 3.52. The van der Waals surface area contributed by atoms with Gasteiger partial charge in [0.05, 0.1) is 6.04 Å². The van der Waals surface area contributed by atoms with Crippen molar-refractivity contribution >= 4 is 17.6 Å². The average Bonchev–Trinajstić information content (AvgIpc) is 2.83. The summed E-state index contributed by atoms with van der Waals surface area (Å²) in [6.07, 6.45) is 2.21. The number of carbonyl (C=O) groups excluding carboxylic acids is 3. The van der Waals surface area contributed by atoms with Crippen molar-refractivity contribution in [1.29, 1.82) is 0 Å². The average molecular weight is 297 g/mol. The first-order chi connectivity index (χ1) is 9.85. The van der Waals surface area contributed by atoms with E-state index in [2.05, 4.69) is 10.6 Å². The fourth-order valence-corrected chi connectivity index (χ4v) is 2.64. The van der Waals surface area contributed by atoms with Crippen LogP contribution in [0.5, 0.6) is 0 Å². The number of ketones is 1. The summed E-state index contributed by atoms with van der Waals surface area (Å²) in [4.78, 5) is 37.2. The van der Waals surface area contributed by atoms with Crippen molar-refractivity contribution in [2.45, 2.75) is 65.1 Å². The van der Waals surface area contributed by atoms with Gasteiger partial charge in [-0.1, -0.05) is 27.2 Å². The second-order valence-corrected chi connectivity index (χ2v) is 5.96. The molecule has 1 heterocycles. The van der Waals surface area contributed by atoms with Crippen molar-refractivity contribution in [2.24, 2.45) is 0 Å². The van der Waals surface area contributed by atoms with E-state index in [1.54, 1.807) is 4.90 Å². The molecule has 1 aliphatic rings. The van der Waals surface area contributed by atoms with Crippen LogP contribution in [-0.4, -0.2) is 53.7 Å². The predicted molar refractivity (Wildman–Crippen MR) is 80.8 cm³/mol. The Balaban J connectivity index is 2.60. The third-order valence-corrected chi connectivity index (χ3v) is 3.52. The predicted octanol–water partition coefficient (Wildman–Crippen LogP) is 0.459. The number of nitrogens with zero attached hydrogens (tertiary/aromatic N) is 1. The van der Waals surface area contributed by atoms with E-state index >= 15 is 0 Å². The van der Waals surface area contributed by atoms with Crippen molar-refractivity contribution < 1.29 is 14.4 Å². The van der Waals surface area contributed by atoms with E-state index in [0.29, 0.717) is 25.9 Å². The van der Waals surface area contributed by atoms with Gasteiger partial charge in [0.25, 0.3) is 5.91 Å². The molecule has 0 radical (unpaired) electrons. The Hall–Kier alpha value is -1.43. The Morgan fingerprint density at radius 2 is 1.95 bits per heavy atom. The second-order valence-electron chi connectivity index (χ2n) is 5.96. The lowest BCUT2D eigenvalue weighted by atomic mass is 10.1. The molecule has 21 heavy (non-hydrogen) atoms. The third kappa shape index (κ3) is 5.46. The van der Waals surface area contributed by atoms with Crippen LogP contribution in [0.4, 0.5) is 0 Å². The zero-order valence-corrected chi connectivity index (χ0v) is 13.4. The number of Topliss-reactive ketones (excluding diaryl/α,β-unsaturated/α-hetero) is 1. The van der Waals surface area contributed by atoms with Gasteiger partial charge in [-0.2, -0.15) is 0 Å². The number of amides is 2. The summed E-state index contributed by atoms with van der Waals surface area (Å²) in [7, 11) is 0. The smallest absolute Gasteiger partial charge is 0.291 e. The molecule has 6 heteroatoms. The van der Waals surface area contributed by atoms with Crippen LogP contribution >= 0.6 is 0 Å². The Kier molecular flexibility index (Phi) is 6.81. The summed E-state index contributed by atoms with van der Waals surface area (Å²) in [5, 5.41) is 5.95. The topological polar surface area (TPSA) is 78.5 Å². The number of rotatable bonds is 7. The SMILES string of the molecule is CCCC(NC(C)C)C(=O)C(=O)N1CCC(NC(C)=O)C1. The summed E-state index contributed by atoms with van der Waals surface area (Å²) in [5.74, 6) is -0.908. The maximum absolute atomic E-state index is 12.3. The number of hydrogen-bond donors (Lipinski definition) is 2. The fourth-order valence-electron chi connectivity index (χ4n) is 2.64. The van der Waals surface area contributed by atoms with E-state index in [1.165, 1.54) is 6.92 Å². The molecule has 6 nitrogen and oxygen atoms in total. The zero-order valence-electron chi connectivity index (χ0n) is 13.4. The maximum Gasteiger partial charge on any atom is 0.291 e. The first-order valence-electron chi connectivity index (χ1n) is 7.71. The van der Waals surface area contributed by atoms with Gasteiger partial charge in [0.1, 0.15) is 0 Å². The van der Waals surface area contributed by atoms with E-state index in [-0.39, 0.29) is 23.8 Å². The van der Waals surface area contributed by atoms with E-state index in [0.717, 1.165) is 6.42 Å². The molecule has 120 valence electrons. The summed E-state index contributed by atoms with van der Waals surface area (Å²) in [6.45, 7) is 8.32. The molecular weight excluding hydrogens is 270 g/mol. The minimum Gasteiger partial charge on any atom is -0.352 e. The highest BCUT2D eigenvalue weighted by Gasteiger charge is 2.33. The lowest BCUT2D eigenvalue weighted by molar-refractivity contribution is -0.145. The molecule has 1 fully saturated rings. The van der Waals surface area contributed by atoms with Gasteiger partial charge in [-0.15, -0.1) is 0 Å². The van der Waals surface area contributed by atoms with E-state index in [1.807, 2.05) is 20.8 Å². The van der Waals surface area contributed by atoms with Crippen LogP contribution in [0.25, 0.3) is 0 Å². The molecule has 0 saturated carbocycles. The lowest BCUT2D eigenvalue weighted by Gasteiger charge is -2.22. The van der Waals surface area contributed by atoms with E-state index in [9.17, 15) is 14.4 Å². The van der Waals surface area contributed by atoms with Gasteiger partial charge in [-0.3, -0.25) is 14.4 Å². The summed E-state index contributed by atoms with van der Waals surface area (Å²) < 4.78 is 0. The number of likely N-dealkylation sites (tertiary alicyclic amines) is 1. The first-order valence-corrected chi connectivity index (χ1v) is 7.71. The van der Waals surface area contributed by atoms with Crippen LogP contribution in [-0.2, 0) is 14.4 Å². The molecule has 0 bridgehead atoms. The van der Waals surface area contributed by atoms with Crippen LogP contribution in [0.15, 0.2) is 0 Å². The molecular formula is C15H27N3O3. The number of hydrogen-bond acceptors (Lipinski definition) is 4. The number of nitrogens with one attached hydrogen (secondary N) is 2. The van der Waals surface area contributed by atoms with Crippen molar-refractivity contribution in [1.82, 2.24) is 15.5 Å². The minimum absolute atomic E-state index is 0.0399. The quantitative estimate of drug-likeness (QED) is 0.669. The fraction of sp³-hybridized carbons (Fsp3) is 0.800. The Morgan fingerprint density at radius 1 is 1.29 bits per heavy atom. The van der Waals surface area contributed by atoms with Crippen LogP contribution in [0, 0.1) is 0 Å². The monoisotopic (exact) mass is 297 g/mol. The van der Waals surface area contributed by atoms with Gasteiger partial charge in [0, 0.05) is 32.1 Å². The molecule has 2 amide bonds. The van der Waals surface area contributed by atoms with Crippen molar-refractivity contribution in [3.05, 3.63) is 0 Å². The molecule has 2 N–H and O–H groups in total. The largest absolute Gasteiger partial charge is 0.352 e. The highest BCUT2D eigenvalue weighted by molar-refractivity contribution is 6.38. The first kappa shape index (κ1) is 17.6. The van der Waals surface area contributed by atoms with Crippen molar-refractivity contribution in [3.8, 4) is 0 Å². The van der Waals surface area contributed by atoms with Gasteiger partial charge in [0.2, 0.25) is 11.7 Å². The molecule has 0 aromatic carbocycles. The van der Waals surface area contributed by atoms with Crippen LogP contribution in [0.1, 0.15) is 47.0 Å². The second kappa shape index (κ2) is 8.12. The molecule has 1 rings (SSSR count). The molecule has 2 atom stereocenters. The van der Waals surface area contributed by atoms with Crippen LogP contribution in [0.3, 0.4) is 0 Å².